The van der Waals surface area contributed by atoms with E-state index in [1.807, 2.05) is 49.4 Å². The van der Waals surface area contributed by atoms with E-state index in [1.165, 1.54) is 6.39 Å². The number of hydrogen-bond acceptors (Lipinski definition) is 4. The summed E-state index contributed by atoms with van der Waals surface area (Å²) in [4.78, 5) is 4.09. The maximum Gasteiger partial charge on any atom is 0.215 e. The number of aromatic nitrogens is 1. The van der Waals surface area contributed by atoms with Crippen LogP contribution in [0.2, 0.25) is 0 Å². The van der Waals surface area contributed by atoms with Crippen LogP contribution in [0.1, 0.15) is 16.7 Å². The number of aryl methyl sites for hydroxylation is 1. The Kier molecular flexibility index (Phi) is 4.45. The van der Waals surface area contributed by atoms with Gasteiger partial charge < -0.3 is 4.42 Å². The highest BCUT2D eigenvalue weighted by Crippen LogP contribution is 2.14. The Morgan fingerprint density at radius 3 is 2.83 bits per heavy atom. The van der Waals surface area contributed by atoms with Crippen molar-refractivity contribution in [1.29, 1.82) is 0 Å². The highest BCUT2D eigenvalue weighted by Gasteiger charge is 2.11. The lowest BCUT2D eigenvalue weighted by molar-refractivity contribution is 0.580. The minimum atomic E-state index is -3.34. The largest absolute Gasteiger partial charge is 0.443 e. The van der Waals surface area contributed by atoms with Gasteiger partial charge in [0.25, 0.3) is 0 Å². The molecule has 3 aromatic rings. The fourth-order valence-corrected chi connectivity index (χ4v) is 3.62. The first-order valence-electron chi connectivity index (χ1n) is 7.37. The van der Waals surface area contributed by atoms with E-state index in [9.17, 15) is 8.42 Å². The van der Waals surface area contributed by atoms with Crippen molar-refractivity contribution in [3.8, 4) is 0 Å². The van der Waals surface area contributed by atoms with Gasteiger partial charge >= 0.3 is 0 Å². The summed E-state index contributed by atoms with van der Waals surface area (Å²) in [5, 5.41) is 0. The van der Waals surface area contributed by atoms with Gasteiger partial charge in [0, 0.05) is 6.54 Å². The summed E-state index contributed by atoms with van der Waals surface area (Å²) in [5.74, 6) is -0.00298. The molecule has 6 heteroatoms. The number of rotatable bonds is 6. The second kappa shape index (κ2) is 6.52. The van der Waals surface area contributed by atoms with Crippen LogP contribution in [0.25, 0.3) is 11.1 Å². The minimum Gasteiger partial charge on any atom is -0.443 e. The number of benzene rings is 2. The van der Waals surface area contributed by atoms with Gasteiger partial charge in [0.15, 0.2) is 12.0 Å². The van der Waals surface area contributed by atoms with Crippen molar-refractivity contribution >= 4 is 21.1 Å². The summed E-state index contributed by atoms with van der Waals surface area (Å²) in [6, 6.07) is 13.2. The van der Waals surface area contributed by atoms with Crippen molar-refractivity contribution in [2.24, 2.45) is 0 Å². The summed E-state index contributed by atoms with van der Waals surface area (Å²) in [6.07, 6.45) is 2.01. The molecule has 0 amide bonds. The standard InChI is InChI=1S/C17H18N2O3S/c1-13-3-2-4-15(9-13)11-23(20,21)19-8-7-14-5-6-17-16(10-14)18-12-22-17/h2-6,9-10,12,19H,7-8,11H2,1H3. The molecule has 1 aromatic heterocycles. The molecule has 0 aliphatic carbocycles. The molecule has 2 aromatic carbocycles. The minimum absolute atomic E-state index is 0.00298. The van der Waals surface area contributed by atoms with Crippen LogP contribution in [0.3, 0.4) is 0 Å². The van der Waals surface area contributed by atoms with Crippen LogP contribution >= 0.6 is 0 Å². The van der Waals surface area contributed by atoms with Gasteiger partial charge in [0.05, 0.1) is 5.75 Å². The van der Waals surface area contributed by atoms with Crippen molar-refractivity contribution in [2.75, 3.05) is 6.54 Å². The summed E-state index contributed by atoms with van der Waals surface area (Å²) in [5.41, 5.74) is 4.38. The van der Waals surface area contributed by atoms with Crippen LogP contribution < -0.4 is 4.72 Å². The number of hydrogen-bond donors (Lipinski definition) is 1. The summed E-state index contributed by atoms with van der Waals surface area (Å²) >= 11 is 0. The molecular weight excluding hydrogens is 312 g/mol. The van der Waals surface area contributed by atoms with Gasteiger partial charge in [-0.05, 0) is 36.6 Å². The van der Waals surface area contributed by atoms with Gasteiger partial charge in [-0.2, -0.15) is 0 Å². The lowest BCUT2D eigenvalue weighted by Gasteiger charge is -2.07. The molecule has 0 saturated carbocycles. The van der Waals surface area contributed by atoms with Crippen LogP contribution in [-0.4, -0.2) is 19.9 Å². The summed E-state index contributed by atoms with van der Waals surface area (Å²) < 4.78 is 32.1. The van der Waals surface area contributed by atoms with Crippen LogP contribution in [-0.2, 0) is 22.2 Å². The van der Waals surface area contributed by atoms with Crippen molar-refractivity contribution in [3.63, 3.8) is 0 Å². The van der Waals surface area contributed by atoms with E-state index in [4.69, 9.17) is 4.42 Å². The van der Waals surface area contributed by atoms with Crippen LogP contribution in [0.15, 0.2) is 53.3 Å². The van der Waals surface area contributed by atoms with E-state index >= 15 is 0 Å². The smallest absolute Gasteiger partial charge is 0.215 e. The fraction of sp³-hybridized carbons (Fsp3) is 0.235. The van der Waals surface area contributed by atoms with E-state index in [2.05, 4.69) is 9.71 Å². The van der Waals surface area contributed by atoms with E-state index in [0.29, 0.717) is 13.0 Å². The Balaban J connectivity index is 1.58. The van der Waals surface area contributed by atoms with E-state index in [0.717, 1.165) is 27.8 Å². The molecule has 0 radical (unpaired) electrons. The second-order valence-electron chi connectivity index (χ2n) is 5.55. The van der Waals surface area contributed by atoms with Gasteiger partial charge in [-0.25, -0.2) is 18.1 Å². The first kappa shape index (κ1) is 15.7. The maximum absolute atomic E-state index is 12.1. The third-order valence-corrected chi connectivity index (χ3v) is 4.93. The van der Waals surface area contributed by atoms with Gasteiger partial charge in [-0.3, -0.25) is 0 Å². The molecule has 0 aliphatic heterocycles. The molecule has 3 rings (SSSR count). The molecule has 0 unspecified atom stereocenters. The van der Waals surface area contributed by atoms with Gasteiger partial charge in [0.1, 0.15) is 5.52 Å². The van der Waals surface area contributed by atoms with Gasteiger partial charge in [0.2, 0.25) is 10.0 Å². The Labute approximate surface area is 135 Å². The lowest BCUT2D eigenvalue weighted by Crippen LogP contribution is -2.27. The molecule has 1 N–H and O–H groups in total. The van der Waals surface area contributed by atoms with Crippen LogP contribution in [0, 0.1) is 6.92 Å². The number of oxazole rings is 1. The Morgan fingerprint density at radius 1 is 1.13 bits per heavy atom. The third kappa shape index (κ3) is 4.18. The Morgan fingerprint density at radius 2 is 2.00 bits per heavy atom. The van der Waals surface area contributed by atoms with Gasteiger partial charge in [-0.15, -0.1) is 0 Å². The molecule has 5 nitrogen and oxygen atoms in total. The predicted octanol–water partition coefficient (Wildman–Crippen LogP) is 2.80. The third-order valence-electron chi connectivity index (χ3n) is 3.57. The maximum atomic E-state index is 12.1. The molecule has 0 aliphatic rings. The highest BCUT2D eigenvalue weighted by atomic mass is 32.2. The predicted molar refractivity (Wildman–Crippen MR) is 89.5 cm³/mol. The average molecular weight is 330 g/mol. The monoisotopic (exact) mass is 330 g/mol. The van der Waals surface area contributed by atoms with Crippen molar-refractivity contribution < 1.29 is 12.8 Å². The molecule has 120 valence electrons. The molecule has 0 spiro atoms. The first-order valence-corrected chi connectivity index (χ1v) is 9.02. The first-order chi connectivity index (χ1) is 11.0. The molecule has 23 heavy (non-hydrogen) atoms. The quantitative estimate of drug-likeness (QED) is 0.754. The summed E-state index contributed by atoms with van der Waals surface area (Å²) in [7, 11) is -3.34. The van der Waals surface area contributed by atoms with Crippen molar-refractivity contribution in [2.45, 2.75) is 19.1 Å². The highest BCUT2D eigenvalue weighted by molar-refractivity contribution is 7.88. The number of nitrogens with zero attached hydrogens (tertiary/aromatic N) is 1. The van der Waals surface area contributed by atoms with Crippen molar-refractivity contribution in [1.82, 2.24) is 9.71 Å². The average Bonchev–Trinajstić information content (AvgIpc) is 2.94. The number of sulfonamides is 1. The molecule has 1 heterocycles. The Bertz CT molecular complexity index is 916. The molecule has 0 fully saturated rings. The fourth-order valence-electron chi connectivity index (χ4n) is 2.48. The van der Waals surface area contributed by atoms with Crippen LogP contribution in [0.5, 0.6) is 0 Å². The molecule has 0 atom stereocenters. The van der Waals surface area contributed by atoms with E-state index < -0.39 is 10.0 Å². The zero-order chi connectivity index (χ0) is 16.3. The molecule has 0 saturated heterocycles. The zero-order valence-electron chi connectivity index (χ0n) is 12.8. The van der Waals surface area contributed by atoms with Crippen molar-refractivity contribution in [3.05, 3.63) is 65.5 Å². The SMILES string of the molecule is Cc1cccc(CS(=O)(=O)NCCc2ccc3ocnc3c2)c1. The normalized spacial score (nSPS) is 11.9. The number of nitrogens with one attached hydrogen (secondary N) is 1. The molecular formula is C17H18N2O3S. The topological polar surface area (TPSA) is 72.2 Å². The lowest BCUT2D eigenvalue weighted by atomic mass is 10.1. The number of fused-ring (bicyclic) bond motifs is 1. The second-order valence-corrected chi connectivity index (χ2v) is 7.35. The van der Waals surface area contributed by atoms with Gasteiger partial charge in [-0.1, -0.05) is 35.9 Å². The zero-order valence-corrected chi connectivity index (χ0v) is 13.6. The summed E-state index contributed by atoms with van der Waals surface area (Å²) in [6.45, 7) is 2.31. The van der Waals surface area contributed by atoms with Crippen LogP contribution in [0.4, 0.5) is 0 Å². The van der Waals surface area contributed by atoms with E-state index in [1.54, 1.807) is 0 Å². The Hall–Kier alpha value is -2.18. The molecule has 0 bridgehead atoms. The van der Waals surface area contributed by atoms with E-state index in [-0.39, 0.29) is 5.75 Å².